The Hall–Kier alpha value is -6.82. The van der Waals surface area contributed by atoms with E-state index in [-0.39, 0.29) is 75.9 Å². The van der Waals surface area contributed by atoms with Gasteiger partial charge < -0.3 is 79.7 Å². The second-order valence-corrected chi connectivity index (χ2v) is 49.1. The Bertz CT molecular complexity index is 4860. The summed E-state index contributed by atoms with van der Waals surface area (Å²) in [5.41, 5.74) is 23.7. The number of carbonyl (C=O) groups is 7. The maximum atomic E-state index is 13.0. The van der Waals surface area contributed by atoms with Crippen LogP contribution in [0.1, 0.15) is 109 Å². The molecule has 0 saturated carbocycles. The molecule has 6 saturated heterocycles. The first kappa shape index (κ1) is 124. The van der Waals surface area contributed by atoms with Crippen LogP contribution in [-0.2, 0) is 57.2 Å². The number of nitrogen functional groups attached to an aromatic ring is 2. The molecule has 0 atom stereocenters. The number of carbonyl (C=O) groups excluding carboxylic acids is 7. The Morgan fingerprint density at radius 2 is 0.734 bits per heavy atom. The molecule has 6 N–H and O–H groups in total. The van der Waals surface area contributed by atoms with Crippen molar-refractivity contribution in [2.24, 2.45) is 5.10 Å². The molecular formula is C91H119Cl10N16Na2O18PS. The monoisotopic (exact) mass is 2180 g/mol. The van der Waals surface area contributed by atoms with Crippen molar-refractivity contribution in [3.63, 3.8) is 0 Å². The quantitative estimate of drug-likeness (QED) is 0.00468. The average Bonchev–Trinajstić information content (AvgIpc) is 0.811. The molecule has 48 heteroatoms. The molecular weight excluding hydrogens is 2070 g/mol. The number of nitro groups is 3. The molecule has 0 unspecified atom stereocenters. The van der Waals surface area contributed by atoms with E-state index in [0.717, 1.165) is 176 Å². The second-order valence-electron chi connectivity index (χ2n) is 30.6. The number of piperidine rings is 2. The Kier molecular flexibility index (Phi) is 62.0. The van der Waals surface area contributed by atoms with Crippen molar-refractivity contribution in [2.75, 3.05) is 198 Å². The van der Waals surface area contributed by atoms with Crippen molar-refractivity contribution < 1.29 is 72.0 Å². The van der Waals surface area contributed by atoms with E-state index in [1.807, 2.05) is 124 Å². The fourth-order valence-corrected chi connectivity index (χ4v) is 14.6. The summed E-state index contributed by atoms with van der Waals surface area (Å²) < 4.78 is 22.3. The van der Waals surface area contributed by atoms with Gasteiger partial charge in [-0.3, -0.25) is 69.3 Å². The molecule has 6 aromatic carbocycles. The third kappa shape index (κ3) is 50.0. The van der Waals surface area contributed by atoms with Crippen molar-refractivity contribution in [3.05, 3.63) is 217 Å². The van der Waals surface area contributed by atoms with Gasteiger partial charge in [-0.1, -0.05) is 35.9 Å². The predicted molar refractivity (Wildman–Crippen MR) is 568 cm³/mol. The van der Waals surface area contributed by atoms with Crippen LogP contribution >= 0.6 is 131 Å². The summed E-state index contributed by atoms with van der Waals surface area (Å²) in [6.45, 7) is 20.2. The van der Waals surface area contributed by atoms with Gasteiger partial charge in [0, 0.05) is 199 Å². The van der Waals surface area contributed by atoms with Crippen LogP contribution in [0.2, 0.25) is 0 Å². The van der Waals surface area contributed by atoms with Gasteiger partial charge in [0.2, 0.25) is 22.3 Å². The predicted octanol–water partition coefficient (Wildman–Crippen LogP) is 18.8. The molecule has 139 heavy (non-hydrogen) atoms. The summed E-state index contributed by atoms with van der Waals surface area (Å²) in [6, 6.07) is 41.1. The van der Waals surface area contributed by atoms with Crippen LogP contribution in [0.15, 0.2) is 186 Å². The standard InChI is InChI=1S/C20H25N3O3.C15H17N3O4.C15H19N3O2.C11H12N2O3.C10H13ClN2O.C6H6N2O2.2C5H8Cl2O.C4H9NO.Cl5P.2Na.H2S/c24-19-5-1-2-10-22(19)16-6-8-17(9-7-16)23-11-3-4-18(20(23)25)21-12-14-26-15-13-21;19-15-14(16-8-10-22-11-9-16)2-1-7-17(15)12-3-5-13(6-4-12)18(20)21;16-12-3-5-13(6-4-12)18-7-1-2-14(15(18)19)17-8-10-20-11-9-17;14-11-3-1-2-8-12(11)9-4-6-10(7-5-9)13(15)16;1-3-14-10(11)13-12-9-6-4-8(2)5-7-9;7-5-1-3-6(4-2-5)8(9)10;2*6-4-2-1-3-5(7)8;1-3-6-4-2-5-1;1-6(2,3,4)5;;;/h4,6-9H,1-3,5,10-15H2;2-6H,1,7-11H2;2-6H,1,7-11,16H2;4-7H,1-3,8H2;4-7,12H,3H2,1-2H3;1-4H,7H2;2*1-4H2;5H,1-4H2;;;;1H2/b;;;;13-10+;;;;;;;;. The van der Waals surface area contributed by atoms with Gasteiger partial charge in [0.05, 0.1) is 97.0 Å². The topological polar surface area (TPSA) is 409 Å². The summed E-state index contributed by atoms with van der Waals surface area (Å²) in [5.74, 6) is 1.59. The number of rotatable bonds is 22. The van der Waals surface area contributed by atoms with Gasteiger partial charge in [0.25, 0.3) is 34.8 Å². The van der Waals surface area contributed by atoms with Crippen LogP contribution < -0.4 is 46.7 Å². The van der Waals surface area contributed by atoms with Crippen LogP contribution in [0.25, 0.3) is 0 Å². The first-order valence-corrected chi connectivity index (χ1v) is 62.2. The van der Waals surface area contributed by atoms with Gasteiger partial charge in [0.15, 0.2) is 0 Å². The first-order valence-electron chi connectivity index (χ1n) is 45.2. The summed E-state index contributed by atoms with van der Waals surface area (Å²) in [5, 5.41) is 37.8. The average molecular weight is 2190 g/mol. The van der Waals surface area contributed by atoms with Crippen LogP contribution in [0, 0.1) is 37.3 Å². The fourth-order valence-electron chi connectivity index (χ4n) is 13.8. The number of anilines is 8. The summed E-state index contributed by atoms with van der Waals surface area (Å²) in [6.07, 6.45) is 18.0. The zero-order valence-corrected chi connectivity index (χ0v) is 91.7. The van der Waals surface area contributed by atoms with E-state index >= 15 is 0 Å². The number of nitro benzene ring substituents is 3. The van der Waals surface area contributed by atoms with E-state index < -0.39 is 18.1 Å². The number of unbranched alkanes of at least 4 members (excludes halogenated alkanes) is 2. The van der Waals surface area contributed by atoms with Gasteiger partial charge in [-0.2, -0.15) is 13.5 Å². The molecule has 754 valence electrons. The van der Waals surface area contributed by atoms with E-state index in [0.29, 0.717) is 139 Å². The molecule has 15 rings (SSSR count). The summed E-state index contributed by atoms with van der Waals surface area (Å²) in [7, 11) is 0. The number of hydrazone groups is 1. The molecule has 0 spiro atoms. The third-order valence-electron chi connectivity index (χ3n) is 20.6. The first-order chi connectivity index (χ1) is 66.0. The number of amides is 5. The molecule has 6 aromatic rings. The van der Waals surface area contributed by atoms with E-state index in [1.54, 1.807) is 34.1 Å². The number of nitrogens with two attached hydrogens (primary N) is 2. The number of nitrogens with zero attached hydrogens (tertiary/aromatic N) is 12. The molecule has 5 amide bonds. The zero-order valence-electron chi connectivity index (χ0n) is 78.3. The van der Waals surface area contributed by atoms with Gasteiger partial charge in [-0.25, -0.2) is 0 Å². The Labute approximate surface area is 895 Å². The van der Waals surface area contributed by atoms with E-state index in [2.05, 4.69) is 25.6 Å². The summed E-state index contributed by atoms with van der Waals surface area (Å²) >= 11 is 54.1. The third-order valence-corrected chi connectivity index (χ3v) is 21.7. The zero-order chi connectivity index (χ0) is 101. The van der Waals surface area contributed by atoms with Crippen LogP contribution in [0.4, 0.5) is 62.6 Å². The molecule has 9 aliphatic heterocycles. The van der Waals surface area contributed by atoms with Crippen molar-refractivity contribution in [3.8, 4) is 0 Å². The van der Waals surface area contributed by atoms with Crippen molar-refractivity contribution in [2.45, 2.75) is 110 Å². The number of non-ortho nitro benzene ring substituents is 3. The van der Waals surface area contributed by atoms with Crippen LogP contribution in [-0.4, -0.2) is 275 Å². The summed E-state index contributed by atoms with van der Waals surface area (Å²) in [4.78, 5) is 127. The van der Waals surface area contributed by atoms with Crippen molar-refractivity contribution in [1.82, 2.24) is 20.0 Å². The number of hydrogen-bond donors (Lipinski definition) is 4. The SMILES string of the molecule is C1COCCN1.CCO/C(Cl)=N/Nc1ccc(C)cc1.ClP(Cl)(Cl)(Cl)Cl.Nc1ccc(N2CCC=C(N3CCOCC3)C2=O)cc1.Nc1ccc([N+](=O)[O-])cc1.O=C(Cl)CCCCCl.O=C(Cl)CCCCCl.O=C1C(N2CCOCC2)=CCCN1c1ccc([N+](=O)[O-])cc1.O=C1CCCCN1c1ccc(N2CCC=C(N3CCOCC3)C2=O)cc1.O=C1CCCCN1c1ccc([N+](=O)[O-])cc1.S.[Na][Na]. The van der Waals surface area contributed by atoms with Gasteiger partial charge in [-0.05, 0) is 216 Å². The molecule has 9 heterocycles. The number of ether oxygens (including phenoxy) is 5. The van der Waals surface area contributed by atoms with Crippen LogP contribution in [0.5, 0.6) is 0 Å². The van der Waals surface area contributed by atoms with Crippen LogP contribution in [0.3, 0.4) is 0 Å². The number of alkyl halides is 2. The van der Waals surface area contributed by atoms with Crippen molar-refractivity contribution >= 4 is 283 Å². The maximum absolute atomic E-state index is 13.0. The van der Waals surface area contributed by atoms with E-state index in [9.17, 15) is 63.9 Å². The number of aryl methyl sites for hydroxylation is 1. The minimum absolute atomic E-state index is 0. The number of nitrogens with one attached hydrogen (secondary N) is 2. The van der Waals surface area contributed by atoms with Gasteiger partial charge >= 0.3 is 109 Å². The molecule has 0 bridgehead atoms. The number of halogens is 10. The Morgan fingerprint density at radius 3 is 1.01 bits per heavy atom. The Morgan fingerprint density at radius 1 is 0.446 bits per heavy atom. The second kappa shape index (κ2) is 69.2. The van der Waals surface area contributed by atoms with E-state index in [1.165, 1.54) is 97.7 Å². The molecule has 0 aromatic heterocycles. The van der Waals surface area contributed by atoms with Gasteiger partial charge in [-0.15, -0.1) is 28.3 Å². The molecule has 9 aliphatic rings. The Balaban J connectivity index is 0.000000333. The molecule has 0 radical (unpaired) electrons. The molecule has 0 aliphatic carbocycles. The fraction of sp³-hybridized carbons (Fsp3) is 0.451. The number of morpholine rings is 4. The van der Waals surface area contributed by atoms with Gasteiger partial charge in [0.1, 0.15) is 0 Å². The van der Waals surface area contributed by atoms with Crippen molar-refractivity contribution in [1.29, 1.82) is 0 Å². The van der Waals surface area contributed by atoms with E-state index in [4.69, 9.17) is 149 Å². The molecule has 6 fully saturated rings. The number of hydrogen-bond acceptors (Lipinski definition) is 26. The normalized spacial score (nSPS) is 16.6. The minimum atomic E-state index is -3.69. The molecule has 34 nitrogen and oxygen atoms in total. The number of benzene rings is 6.